The summed E-state index contributed by atoms with van der Waals surface area (Å²) in [4.78, 5) is 27.8. The second-order valence-electron chi connectivity index (χ2n) is 9.18. The molecule has 3 N–H and O–H groups in total. The summed E-state index contributed by atoms with van der Waals surface area (Å²) in [6, 6.07) is 3.59. The standard InChI is InChI=1S/C21H29N3O4/c1-12(2)16-7-6-15(18(25)26)17(24-16)22-13-8-21(9-13)10-14(11-21)23-19(27)28-20(3,4)5/h6-7,13-14H,1,8-11H2,2-5H3,(H,22,24)(H,23,27)(H,25,26). The average molecular weight is 387 g/mol. The number of nitrogens with zero attached hydrogens (tertiary/aromatic N) is 1. The van der Waals surface area contributed by atoms with Crippen molar-refractivity contribution in [2.24, 2.45) is 5.41 Å². The molecule has 0 atom stereocenters. The zero-order valence-electron chi connectivity index (χ0n) is 17.0. The summed E-state index contributed by atoms with van der Waals surface area (Å²) >= 11 is 0. The summed E-state index contributed by atoms with van der Waals surface area (Å²) in [5, 5.41) is 15.6. The van der Waals surface area contributed by atoms with Gasteiger partial charge in [0, 0.05) is 12.1 Å². The first-order valence-corrected chi connectivity index (χ1v) is 9.63. The molecule has 2 aliphatic carbocycles. The number of nitrogens with one attached hydrogen (secondary N) is 2. The van der Waals surface area contributed by atoms with Crippen LogP contribution < -0.4 is 10.6 Å². The molecule has 0 radical (unpaired) electrons. The number of rotatable bonds is 5. The normalized spacial score (nSPS) is 26.0. The number of carboxylic acids is 1. The molecule has 0 unspecified atom stereocenters. The first kappa shape index (κ1) is 20.2. The molecule has 0 aromatic carbocycles. The van der Waals surface area contributed by atoms with E-state index in [2.05, 4.69) is 22.2 Å². The molecule has 28 heavy (non-hydrogen) atoms. The Kier molecular flexibility index (Phi) is 5.12. The molecular weight excluding hydrogens is 358 g/mol. The van der Waals surface area contributed by atoms with Gasteiger partial charge >= 0.3 is 12.1 Å². The molecule has 7 heteroatoms. The van der Waals surface area contributed by atoms with E-state index in [-0.39, 0.29) is 29.2 Å². The van der Waals surface area contributed by atoms with Gasteiger partial charge in [-0.15, -0.1) is 0 Å². The van der Waals surface area contributed by atoms with Crippen LogP contribution in [0.1, 0.15) is 69.4 Å². The van der Waals surface area contributed by atoms with Gasteiger partial charge in [0.2, 0.25) is 0 Å². The lowest BCUT2D eigenvalue weighted by Gasteiger charge is -2.57. The van der Waals surface area contributed by atoms with E-state index >= 15 is 0 Å². The van der Waals surface area contributed by atoms with Crippen molar-refractivity contribution >= 4 is 23.5 Å². The fraction of sp³-hybridized carbons (Fsp3) is 0.571. The molecule has 1 spiro atoms. The zero-order chi connectivity index (χ0) is 20.7. The van der Waals surface area contributed by atoms with Crippen LogP contribution in [0.25, 0.3) is 5.57 Å². The topological polar surface area (TPSA) is 101 Å². The summed E-state index contributed by atoms with van der Waals surface area (Å²) in [7, 11) is 0. The van der Waals surface area contributed by atoms with Gasteiger partial charge in [-0.2, -0.15) is 0 Å². The summed E-state index contributed by atoms with van der Waals surface area (Å²) in [6.45, 7) is 11.3. The molecule has 0 saturated heterocycles. The Morgan fingerprint density at radius 3 is 2.36 bits per heavy atom. The van der Waals surface area contributed by atoms with Gasteiger partial charge in [0.1, 0.15) is 17.0 Å². The third-order valence-corrected chi connectivity index (χ3v) is 5.34. The molecule has 1 heterocycles. The van der Waals surface area contributed by atoms with Crippen molar-refractivity contribution in [3.8, 4) is 0 Å². The van der Waals surface area contributed by atoms with Crippen LogP contribution in [0.5, 0.6) is 0 Å². The molecular formula is C21H29N3O4. The van der Waals surface area contributed by atoms with Crippen molar-refractivity contribution < 1.29 is 19.4 Å². The quantitative estimate of drug-likeness (QED) is 0.704. The van der Waals surface area contributed by atoms with Gasteiger partial charge in [0.05, 0.1) is 5.69 Å². The van der Waals surface area contributed by atoms with Crippen molar-refractivity contribution in [2.45, 2.75) is 71.1 Å². The van der Waals surface area contributed by atoms with Gasteiger partial charge in [-0.3, -0.25) is 0 Å². The van der Waals surface area contributed by atoms with E-state index in [1.165, 1.54) is 0 Å². The number of pyridine rings is 1. The lowest BCUT2D eigenvalue weighted by molar-refractivity contribution is -0.0179. The van der Waals surface area contributed by atoms with Crippen LogP contribution in [0.15, 0.2) is 18.7 Å². The molecule has 1 aromatic rings. The van der Waals surface area contributed by atoms with E-state index in [1.807, 2.05) is 27.7 Å². The third-order valence-electron chi connectivity index (χ3n) is 5.34. The number of alkyl carbamates (subject to hydrolysis) is 1. The molecule has 3 rings (SSSR count). The monoisotopic (exact) mass is 387 g/mol. The van der Waals surface area contributed by atoms with Crippen LogP contribution >= 0.6 is 0 Å². The Balaban J connectivity index is 1.52. The highest BCUT2D eigenvalue weighted by atomic mass is 16.6. The summed E-state index contributed by atoms with van der Waals surface area (Å²) in [5.41, 5.74) is 1.38. The van der Waals surface area contributed by atoms with E-state index in [0.29, 0.717) is 11.5 Å². The number of aromatic carboxylic acids is 1. The number of ether oxygens (including phenoxy) is 1. The summed E-state index contributed by atoms with van der Waals surface area (Å²) < 4.78 is 5.30. The van der Waals surface area contributed by atoms with Gasteiger partial charge in [-0.05, 0) is 76.5 Å². The van der Waals surface area contributed by atoms with Crippen LogP contribution in [-0.2, 0) is 4.74 Å². The largest absolute Gasteiger partial charge is 0.478 e. The Bertz CT molecular complexity index is 798. The maximum Gasteiger partial charge on any atom is 0.407 e. The van der Waals surface area contributed by atoms with Gasteiger partial charge in [0.25, 0.3) is 0 Å². The summed E-state index contributed by atoms with van der Waals surface area (Å²) in [6.07, 6.45) is 3.37. The van der Waals surface area contributed by atoms with Gasteiger partial charge in [0.15, 0.2) is 0 Å². The van der Waals surface area contributed by atoms with Crippen molar-refractivity contribution in [3.63, 3.8) is 0 Å². The van der Waals surface area contributed by atoms with Gasteiger partial charge < -0.3 is 20.5 Å². The molecule has 0 aliphatic heterocycles. The minimum atomic E-state index is -0.998. The number of hydrogen-bond donors (Lipinski definition) is 3. The minimum absolute atomic E-state index is 0.148. The Labute approximate surface area is 165 Å². The fourth-order valence-corrected chi connectivity index (χ4v) is 4.16. The van der Waals surface area contributed by atoms with Crippen LogP contribution in [0.2, 0.25) is 0 Å². The van der Waals surface area contributed by atoms with E-state index in [1.54, 1.807) is 12.1 Å². The van der Waals surface area contributed by atoms with Crippen LogP contribution in [0.4, 0.5) is 10.6 Å². The molecule has 1 amide bonds. The number of allylic oxidation sites excluding steroid dienone is 1. The number of carbonyl (C=O) groups excluding carboxylic acids is 1. The second-order valence-corrected chi connectivity index (χ2v) is 9.18. The highest BCUT2D eigenvalue weighted by molar-refractivity contribution is 5.93. The van der Waals surface area contributed by atoms with E-state index < -0.39 is 11.6 Å². The van der Waals surface area contributed by atoms with Crippen molar-refractivity contribution in [3.05, 3.63) is 30.0 Å². The van der Waals surface area contributed by atoms with Gasteiger partial charge in [-0.25, -0.2) is 14.6 Å². The predicted octanol–water partition coefficient (Wildman–Crippen LogP) is 4.06. The Morgan fingerprint density at radius 2 is 1.82 bits per heavy atom. The lowest BCUT2D eigenvalue weighted by Crippen LogP contribution is -2.59. The number of aromatic nitrogens is 1. The lowest BCUT2D eigenvalue weighted by atomic mass is 9.52. The number of hydrogen-bond acceptors (Lipinski definition) is 5. The van der Waals surface area contributed by atoms with E-state index in [9.17, 15) is 14.7 Å². The molecule has 2 aliphatic rings. The summed E-state index contributed by atoms with van der Waals surface area (Å²) in [5.74, 6) is -0.599. The second kappa shape index (κ2) is 7.11. The molecule has 2 fully saturated rings. The number of amides is 1. The highest BCUT2D eigenvalue weighted by Crippen LogP contribution is 2.56. The van der Waals surface area contributed by atoms with Crippen LogP contribution in [-0.4, -0.2) is 39.8 Å². The Morgan fingerprint density at radius 1 is 1.21 bits per heavy atom. The van der Waals surface area contributed by atoms with Crippen LogP contribution in [0, 0.1) is 5.41 Å². The molecule has 7 nitrogen and oxygen atoms in total. The highest BCUT2D eigenvalue weighted by Gasteiger charge is 2.53. The predicted molar refractivity (Wildman–Crippen MR) is 107 cm³/mol. The minimum Gasteiger partial charge on any atom is -0.478 e. The number of carbonyl (C=O) groups is 2. The number of carboxylic acid groups (broad SMARTS) is 1. The van der Waals surface area contributed by atoms with E-state index in [0.717, 1.165) is 31.3 Å². The Hall–Kier alpha value is -2.57. The first-order valence-electron chi connectivity index (χ1n) is 9.63. The smallest absolute Gasteiger partial charge is 0.407 e. The van der Waals surface area contributed by atoms with E-state index in [4.69, 9.17) is 4.74 Å². The molecule has 1 aromatic heterocycles. The number of anilines is 1. The maximum absolute atomic E-state index is 11.9. The molecule has 2 saturated carbocycles. The SMILES string of the molecule is C=C(C)c1ccc(C(=O)O)c(NC2CC3(CC(NC(=O)OC(C)(C)C)C3)C2)n1. The first-order chi connectivity index (χ1) is 13.0. The molecule has 152 valence electrons. The van der Waals surface area contributed by atoms with Crippen LogP contribution in [0.3, 0.4) is 0 Å². The van der Waals surface area contributed by atoms with Gasteiger partial charge in [-0.1, -0.05) is 6.58 Å². The third kappa shape index (κ3) is 4.46. The van der Waals surface area contributed by atoms with Crippen molar-refractivity contribution in [1.29, 1.82) is 0 Å². The van der Waals surface area contributed by atoms with Crippen molar-refractivity contribution in [2.75, 3.05) is 5.32 Å². The van der Waals surface area contributed by atoms with Crippen molar-refractivity contribution in [1.82, 2.24) is 10.3 Å². The maximum atomic E-state index is 11.9. The zero-order valence-corrected chi connectivity index (χ0v) is 17.0. The average Bonchev–Trinajstić information content (AvgIpc) is 2.48. The fourth-order valence-electron chi connectivity index (χ4n) is 4.16. The molecule has 0 bridgehead atoms.